The van der Waals surface area contributed by atoms with Crippen molar-refractivity contribution in [3.05, 3.63) is 28.5 Å². The minimum Gasteiger partial charge on any atom is -0.229 e. The summed E-state index contributed by atoms with van der Waals surface area (Å²) in [5.41, 5.74) is 0. The third kappa shape index (κ3) is 4.00. The molecule has 0 unspecified atom stereocenters. The van der Waals surface area contributed by atoms with Crippen LogP contribution in [0.4, 0.5) is 4.39 Å². The van der Waals surface area contributed by atoms with E-state index in [-0.39, 0.29) is 6.54 Å². The molecule has 0 radical (unpaired) electrons. The fraction of sp³-hybridized carbons (Fsp3) is 0.455. The minimum absolute atomic E-state index is 0.344. The molecule has 0 fully saturated rings. The molecule has 1 aromatic rings. The average Bonchev–Trinajstić information content (AvgIpc) is 2.24. The van der Waals surface area contributed by atoms with Gasteiger partial charge in [0.25, 0.3) is 0 Å². The van der Waals surface area contributed by atoms with Crippen molar-refractivity contribution in [3.8, 4) is 0 Å². The normalized spacial score (nSPS) is 13.4. The highest BCUT2D eigenvalue weighted by Crippen LogP contribution is 2.20. The summed E-state index contributed by atoms with van der Waals surface area (Å²) in [6, 6.07) is 3.52. The molecule has 0 aliphatic rings. The summed E-state index contributed by atoms with van der Waals surface area (Å²) in [6.45, 7) is 2.44. The Morgan fingerprint density at radius 2 is 1.80 bits per heavy atom. The van der Waals surface area contributed by atoms with Gasteiger partial charge in [0.1, 0.15) is 10.7 Å². The minimum atomic E-state index is -4.11. The van der Waals surface area contributed by atoms with E-state index in [1.54, 1.807) is 0 Å². The zero-order chi connectivity index (χ0) is 15.8. The van der Waals surface area contributed by atoms with Crippen molar-refractivity contribution in [1.29, 1.82) is 0 Å². The molecule has 20 heavy (non-hydrogen) atoms. The van der Waals surface area contributed by atoms with Crippen molar-refractivity contribution < 1.29 is 21.2 Å². The fourth-order valence-corrected chi connectivity index (χ4v) is 3.20. The molecule has 0 amide bonds. The third-order valence-electron chi connectivity index (χ3n) is 2.88. The van der Waals surface area contributed by atoms with Crippen LogP contribution < -0.4 is 4.72 Å². The lowest BCUT2D eigenvalue weighted by molar-refractivity contribution is 0.531. The smallest absolute Gasteiger partial charge is 0.229 e. The maximum Gasteiger partial charge on any atom is 0.243 e. The summed E-state index contributed by atoms with van der Waals surface area (Å²) in [7, 11) is -7.56. The molecule has 5 nitrogen and oxygen atoms in total. The second kappa shape index (κ2) is 5.70. The van der Waals surface area contributed by atoms with Crippen LogP contribution in [-0.2, 0) is 19.9 Å². The number of hydrogen-bond donors (Lipinski definition) is 1. The van der Waals surface area contributed by atoms with E-state index in [4.69, 9.17) is 0 Å². The molecular formula is C11H15BrFNO4S2. The molecule has 114 valence electrons. The van der Waals surface area contributed by atoms with Gasteiger partial charge in [0.15, 0.2) is 9.84 Å². The maximum absolute atomic E-state index is 13.6. The Morgan fingerprint density at radius 3 is 2.25 bits per heavy atom. The van der Waals surface area contributed by atoms with Gasteiger partial charge in [-0.1, -0.05) is 15.9 Å². The van der Waals surface area contributed by atoms with Gasteiger partial charge >= 0.3 is 0 Å². The van der Waals surface area contributed by atoms with Crippen LogP contribution in [-0.4, -0.2) is 34.4 Å². The number of benzene rings is 1. The van der Waals surface area contributed by atoms with Crippen molar-refractivity contribution in [3.63, 3.8) is 0 Å². The van der Waals surface area contributed by atoms with Crippen molar-refractivity contribution in [2.75, 3.05) is 12.8 Å². The van der Waals surface area contributed by atoms with Gasteiger partial charge in [0, 0.05) is 17.3 Å². The van der Waals surface area contributed by atoms with Crippen LogP contribution in [0.5, 0.6) is 0 Å². The molecule has 0 aromatic heterocycles. The van der Waals surface area contributed by atoms with Crippen molar-refractivity contribution in [2.45, 2.75) is 23.5 Å². The monoisotopic (exact) mass is 387 g/mol. The average molecular weight is 388 g/mol. The summed E-state index contributed by atoms with van der Waals surface area (Å²) in [6.07, 6.45) is 1.02. The first kappa shape index (κ1) is 17.5. The number of sulfonamides is 1. The second-order valence-corrected chi connectivity index (χ2v) is 10.2. The first-order valence-corrected chi connectivity index (χ1v) is 9.68. The number of sulfone groups is 1. The van der Waals surface area contributed by atoms with Crippen LogP contribution in [0.25, 0.3) is 0 Å². The topological polar surface area (TPSA) is 80.3 Å². The SMILES string of the molecule is CC(C)(CNS(=O)(=O)c1ccc(Br)cc1F)S(C)(=O)=O. The first-order chi connectivity index (χ1) is 8.87. The fourth-order valence-electron chi connectivity index (χ4n) is 1.17. The van der Waals surface area contributed by atoms with E-state index in [1.807, 2.05) is 0 Å². The van der Waals surface area contributed by atoms with Gasteiger partial charge in [-0.2, -0.15) is 0 Å². The summed E-state index contributed by atoms with van der Waals surface area (Å²) < 4.78 is 61.8. The Kier molecular flexibility index (Phi) is 5.00. The zero-order valence-electron chi connectivity index (χ0n) is 11.1. The van der Waals surface area contributed by atoms with Crippen LogP contribution in [0.1, 0.15) is 13.8 Å². The Balaban J connectivity index is 3.03. The standard InChI is InChI=1S/C11H15BrFNO4S2/c1-11(2,19(3,15)16)7-14-20(17,18)10-5-4-8(12)6-9(10)13/h4-6,14H,7H2,1-3H3. The van der Waals surface area contributed by atoms with Crippen LogP contribution in [0, 0.1) is 5.82 Å². The van der Waals surface area contributed by atoms with E-state index in [0.29, 0.717) is 4.47 Å². The van der Waals surface area contributed by atoms with E-state index in [9.17, 15) is 21.2 Å². The molecule has 9 heteroatoms. The molecule has 0 saturated heterocycles. The van der Waals surface area contributed by atoms with Gasteiger partial charge in [0.05, 0.1) is 4.75 Å². The number of nitrogens with one attached hydrogen (secondary N) is 1. The number of hydrogen-bond acceptors (Lipinski definition) is 4. The molecule has 0 aliphatic heterocycles. The van der Waals surface area contributed by atoms with E-state index in [2.05, 4.69) is 20.7 Å². The van der Waals surface area contributed by atoms with Crippen LogP contribution in [0.3, 0.4) is 0 Å². The number of halogens is 2. The van der Waals surface area contributed by atoms with Crippen LogP contribution in [0.2, 0.25) is 0 Å². The predicted octanol–water partition coefficient (Wildman–Crippen LogP) is 1.69. The predicted molar refractivity (Wildman–Crippen MR) is 78.2 cm³/mol. The highest BCUT2D eigenvalue weighted by Gasteiger charge is 2.32. The lowest BCUT2D eigenvalue weighted by atomic mass is 10.2. The largest absolute Gasteiger partial charge is 0.243 e. The highest BCUT2D eigenvalue weighted by atomic mass is 79.9. The van der Waals surface area contributed by atoms with Gasteiger partial charge < -0.3 is 0 Å². The summed E-state index contributed by atoms with van der Waals surface area (Å²) in [4.78, 5) is -0.523. The van der Waals surface area contributed by atoms with Crippen molar-refractivity contribution in [1.82, 2.24) is 4.72 Å². The lowest BCUT2D eigenvalue weighted by Gasteiger charge is -2.22. The van der Waals surface area contributed by atoms with Gasteiger partial charge in [-0.05, 0) is 32.0 Å². The molecule has 1 aromatic carbocycles. The Morgan fingerprint density at radius 1 is 1.25 bits per heavy atom. The molecular weight excluding hydrogens is 373 g/mol. The molecule has 0 atom stereocenters. The highest BCUT2D eigenvalue weighted by molar-refractivity contribution is 9.10. The first-order valence-electron chi connectivity index (χ1n) is 5.51. The van der Waals surface area contributed by atoms with E-state index >= 15 is 0 Å². The van der Waals surface area contributed by atoms with E-state index in [0.717, 1.165) is 18.4 Å². The van der Waals surface area contributed by atoms with Gasteiger partial charge in [-0.25, -0.2) is 25.9 Å². The Labute approximate surface area is 126 Å². The van der Waals surface area contributed by atoms with Crippen molar-refractivity contribution in [2.24, 2.45) is 0 Å². The third-order valence-corrected chi connectivity index (χ3v) is 6.95. The molecule has 1 N–H and O–H groups in total. The Hall–Kier alpha value is -0.510. The zero-order valence-corrected chi connectivity index (χ0v) is 14.4. The van der Waals surface area contributed by atoms with E-state index in [1.165, 1.54) is 19.9 Å². The second-order valence-electron chi connectivity index (χ2n) is 4.93. The molecule has 0 heterocycles. The summed E-state index contributed by atoms with van der Waals surface area (Å²) >= 11 is 3.03. The number of rotatable bonds is 5. The molecule has 0 aliphatic carbocycles. The summed E-state index contributed by atoms with van der Waals surface area (Å²) in [5, 5.41) is 0. The van der Waals surface area contributed by atoms with Gasteiger partial charge in [0.2, 0.25) is 10.0 Å². The summed E-state index contributed by atoms with van der Waals surface area (Å²) in [5.74, 6) is -0.913. The lowest BCUT2D eigenvalue weighted by Crippen LogP contribution is -2.43. The maximum atomic E-state index is 13.6. The van der Waals surface area contributed by atoms with Crippen LogP contribution in [0.15, 0.2) is 27.6 Å². The molecule has 0 bridgehead atoms. The Bertz CT molecular complexity index is 714. The van der Waals surface area contributed by atoms with Crippen LogP contribution >= 0.6 is 15.9 Å². The van der Waals surface area contributed by atoms with Crippen molar-refractivity contribution >= 4 is 35.8 Å². The van der Waals surface area contributed by atoms with Gasteiger partial charge in [-0.3, -0.25) is 0 Å². The molecule has 1 rings (SSSR count). The quantitative estimate of drug-likeness (QED) is 0.833. The van der Waals surface area contributed by atoms with Gasteiger partial charge in [-0.15, -0.1) is 0 Å². The molecule has 0 saturated carbocycles. The van der Waals surface area contributed by atoms with E-state index < -0.39 is 35.3 Å². The molecule has 0 spiro atoms.